The Morgan fingerprint density at radius 2 is 2.14 bits per heavy atom. The summed E-state index contributed by atoms with van der Waals surface area (Å²) in [5.74, 6) is 0.642. The van der Waals surface area contributed by atoms with Crippen LogP contribution in [0.25, 0.3) is 21.3 Å². The average molecular weight is 398 g/mol. The molecule has 3 aromatic rings. The maximum absolute atomic E-state index is 12.8. The van der Waals surface area contributed by atoms with Crippen LogP contribution in [0.4, 0.5) is 0 Å². The fourth-order valence-corrected chi connectivity index (χ4v) is 4.33. The molecule has 5 nitrogen and oxygen atoms in total. The maximum Gasteiger partial charge on any atom is 0.260 e. The van der Waals surface area contributed by atoms with Crippen LogP contribution in [0.15, 0.2) is 53.2 Å². The third-order valence-electron chi connectivity index (χ3n) is 4.66. The molecule has 1 atom stereocenters. The van der Waals surface area contributed by atoms with E-state index in [1.165, 1.54) is 11.3 Å². The first-order chi connectivity index (χ1) is 13.6. The number of allylic oxidation sites excluding steroid dienone is 1. The Balaban J connectivity index is 1.83. The van der Waals surface area contributed by atoms with Gasteiger partial charge in [-0.25, -0.2) is 4.98 Å². The van der Waals surface area contributed by atoms with Crippen molar-refractivity contribution in [2.75, 3.05) is 13.1 Å². The summed E-state index contributed by atoms with van der Waals surface area (Å²) >= 11 is 1.49. The van der Waals surface area contributed by atoms with E-state index in [0.717, 1.165) is 35.3 Å². The SMILES string of the molecule is C=CCCC(O)CN(CCC)Cc1nc2scc(-c3ccccc3)c2c(=O)[nH]1. The predicted octanol–water partition coefficient (Wildman–Crippen LogP) is 4.19. The van der Waals surface area contributed by atoms with E-state index in [2.05, 4.69) is 23.4 Å². The van der Waals surface area contributed by atoms with E-state index in [1.54, 1.807) is 0 Å². The minimum Gasteiger partial charge on any atom is -0.392 e. The van der Waals surface area contributed by atoms with Crippen molar-refractivity contribution >= 4 is 21.6 Å². The van der Waals surface area contributed by atoms with Crippen LogP contribution in [0.3, 0.4) is 0 Å². The van der Waals surface area contributed by atoms with Gasteiger partial charge >= 0.3 is 0 Å². The van der Waals surface area contributed by atoms with Crippen molar-refractivity contribution in [1.82, 2.24) is 14.9 Å². The van der Waals surface area contributed by atoms with E-state index in [1.807, 2.05) is 41.8 Å². The highest BCUT2D eigenvalue weighted by Gasteiger charge is 2.16. The number of thiophene rings is 1. The molecule has 1 unspecified atom stereocenters. The van der Waals surface area contributed by atoms with Gasteiger partial charge in [0, 0.05) is 17.5 Å². The molecule has 0 saturated carbocycles. The van der Waals surface area contributed by atoms with Crippen LogP contribution in [-0.4, -0.2) is 39.2 Å². The van der Waals surface area contributed by atoms with Gasteiger partial charge < -0.3 is 10.1 Å². The third kappa shape index (κ3) is 4.95. The highest BCUT2D eigenvalue weighted by molar-refractivity contribution is 7.17. The molecule has 28 heavy (non-hydrogen) atoms. The van der Waals surface area contributed by atoms with Crippen LogP contribution in [0.5, 0.6) is 0 Å². The first-order valence-corrected chi connectivity index (χ1v) is 10.6. The Morgan fingerprint density at radius 1 is 1.36 bits per heavy atom. The van der Waals surface area contributed by atoms with Gasteiger partial charge in [0.15, 0.2) is 0 Å². The second-order valence-electron chi connectivity index (χ2n) is 6.96. The lowest BCUT2D eigenvalue weighted by atomic mass is 10.1. The number of aromatic amines is 1. The first-order valence-electron chi connectivity index (χ1n) is 9.69. The molecule has 3 rings (SSSR count). The summed E-state index contributed by atoms with van der Waals surface area (Å²) in [6.45, 7) is 7.73. The minimum absolute atomic E-state index is 0.108. The van der Waals surface area contributed by atoms with Gasteiger partial charge in [0.2, 0.25) is 0 Å². The fraction of sp³-hybridized carbons (Fsp3) is 0.364. The Kier molecular flexibility index (Phi) is 7.14. The number of benzene rings is 1. The van der Waals surface area contributed by atoms with E-state index in [9.17, 15) is 9.90 Å². The van der Waals surface area contributed by atoms with Gasteiger partial charge in [-0.15, -0.1) is 17.9 Å². The molecule has 2 aromatic heterocycles. The Morgan fingerprint density at radius 3 is 2.86 bits per heavy atom. The zero-order valence-corrected chi connectivity index (χ0v) is 17.0. The summed E-state index contributed by atoms with van der Waals surface area (Å²) in [6.07, 6.45) is 3.86. The van der Waals surface area contributed by atoms with Crippen LogP contribution in [-0.2, 0) is 6.54 Å². The highest BCUT2D eigenvalue weighted by Crippen LogP contribution is 2.30. The third-order valence-corrected chi connectivity index (χ3v) is 5.54. The van der Waals surface area contributed by atoms with Gasteiger partial charge in [-0.1, -0.05) is 43.3 Å². The molecule has 0 bridgehead atoms. The van der Waals surface area contributed by atoms with Crippen molar-refractivity contribution in [3.63, 3.8) is 0 Å². The first kappa shape index (κ1) is 20.5. The summed E-state index contributed by atoms with van der Waals surface area (Å²) in [6, 6.07) is 9.90. The van der Waals surface area contributed by atoms with E-state index in [-0.39, 0.29) is 5.56 Å². The molecule has 2 heterocycles. The molecule has 0 saturated heterocycles. The molecule has 0 spiro atoms. The van der Waals surface area contributed by atoms with Crippen molar-refractivity contribution in [2.24, 2.45) is 0 Å². The quantitative estimate of drug-likeness (QED) is 0.503. The number of rotatable bonds is 10. The van der Waals surface area contributed by atoms with Crippen LogP contribution < -0.4 is 5.56 Å². The molecule has 6 heteroatoms. The van der Waals surface area contributed by atoms with Gasteiger partial charge in [-0.2, -0.15) is 0 Å². The van der Waals surface area contributed by atoms with E-state index < -0.39 is 6.10 Å². The molecule has 148 valence electrons. The number of hydrogen-bond acceptors (Lipinski definition) is 5. The van der Waals surface area contributed by atoms with Gasteiger partial charge in [-0.3, -0.25) is 9.69 Å². The smallest absolute Gasteiger partial charge is 0.260 e. The Labute approximate surface area is 169 Å². The molecule has 0 radical (unpaired) electrons. The molecule has 2 N–H and O–H groups in total. The van der Waals surface area contributed by atoms with Crippen LogP contribution in [0.2, 0.25) is 0 Å². The molecule has 0 aliphatic carbocycles. The average Bonchev–Trinajstić information content (AvgIpc) is 3.12. The normalized spacial score (nSPS) is 12.5. The standard InChI is InChI=1S/C22H27N3O2S/c1-3-5-11-17(26)13-25(12-4-2)14-19-23-21(27)20-18(15-28-22(20)24-19)16-9-7-6-8-10-16/h3,6-10,15,17,26H,1,4-5,11-14H2,2H3,(H,23,24,27). The van der Waals surface area contributed by atoms with Gasteiger partial charge in [0.05, 0.1) is 18.0 Å². The number of fused-ring (bicyclic) bond motifs is 1. The largest absolute Gasteiger partial charge is 0.392 e. The lowest BCUT2D eigenvalue weighted by molar-refractivity contribution is 0.101. The number of H-pyrrole nitrogens is 1. The van der Waals surface area contributed by atoms with Crippen LogP contribution in [0, 0.1) is 0 Å². The molecule has 0 fully saturated rings. The van der Waals surface area contributed by atoms with Gasteiger partial charge in [0.25, 0.3) is 5.56 Å². The molecular weight excluding hydrogens is 370 g/mol. The summed E-state index contributed by atoms with van der Waals surface area (Å²) in [5, 5.41) is 12.9. The monoisotopic (exact) mass is 397 g/mol. The molecule has 1 aromatic carbocycles. The Hall–Kier alpha value is -2.28. The van der Waals surface area contributed by atoms with Crippen LogP contribution in [0.1, 0.15) is 32.0 Å². The summed E-state index contributed by atoms with van der Waals surface area (Å²) in [4.78, 5) is 23.3. The van der Waals surface area contributed by atoms with Crippen molar-refractivity contribution < 1.29 is 5.11 Å². The molecule has 0 amide bonds. The number of hydrogen-bond donors (Lipinski definition) is 2. The molecule has 0 aliphatic heterocycles. The second kappa shape index (κ2) is 9.78. The number of aromatic nitrogens is 2. The summed E-state index contributed by atoms with van der Waals surface area (Å²) < 4.78 is 0. The van der Waals surface area contributed by atoms with E-state index in [0.29, 0.717) is 30.7 Å². The van der Waals surface area contributed by atoms with Gasteiger partial charge in [-0.05, 0) is 31.4 Å². The number of nitrogens with one attached hydrogen (secondary N) is 1. The maximum atomic E-state index is 12.8. The predicted molar refractivity (Wildman–Crippen MR) is 117 cm³/mol. The lowest BCUT2D eigenvalue weighted by Gasteiger charge is -2.24. The van der Waals surface area contributed by atoms with E-state index >= 15 is 0 Å². The van der Waals surface area contributed by atoms with Crippen molar-refractivity contribution in [3.05, 3.63) is 64.5 Å². The lowest BCUT2D eigenvalue weighted by Crippen LogP contribution is -2.33. The topological polar surface area (TPSA) is 69.2 Å². The Bertz CT molecular complexity index is 965. The number of aliphatic hydroxyl groups is 1. The van der Waals surface area contributed by atoms with Gasteiger partial charge in [0.1, 0.15) is 10.7 Å². The minimum atomic E-state index is -0.411. The molecule has 0 aliphatic rings. The zero-order chi connectivity index (χ0) is 19.9. The zero-order valence-electron chi connectivity index (χ0n) is 16.2. The summed E-state index contributed by atoms with van der Waals surface area (Å²) in [5.41, 5.74) is 1.83. The summed E-state index contributed by atoms with van der Waals surface area (Å²) in [7, 11) is 0. The fourth-order valence-electron chi connectivity index (χ4n) is 3.36. The van der Waals surface area contributed by atoms with Crippen molar-refractivity contribution in [3.8, 4) is 11.1 Å². The molecular formula is C22H27N3O2S. The second-order valence-corrected chi connectivity index (χ2v) is 7.82. The van der Waals surface area contributed by atoms with Crippen molar-refractivity contribution in [2.45, 2.75) is 38.8 Å². The van der Waals surface area contributed by atoms with Crippen molar-refractivity contribution in [1.29, 1.82) is 0 Å². The number of nitrogens with zero attached hydrogens (tertiary/aromatic N) is 2. The van der Waals surface area contributed by atoms with Crippen LogP contribution >= 0.6 is 11.3 Å². The highest BCUT2D eigenvalue weighted by atomic mass is 32.1. The number of aliphatic hydroxyl groups excluding tert-OH is 1. The van der Waals surface area contributed by atoms with E-state index in [4.69, 9.17) is 4.98 Å².